The smallest absolute Gasteiger partial charge is 0.249 e. The fourth-order valence-electron chi connectivity index (χ4n) is 3.10. The number of hydrogen-bond acceptors (Lipinski definition) is 6. The van der Waals surface area contributed by atoms with Crippen LogP contribution >= 0.6 is 11.6 Å². The van der Waals surface area contributed by atoms with Gasteiger partial charge in [-0.2, -0.15) is 10.1 Å². The van der Waals surface area contributed by atoms with E-state index in [9.17, 15) is 0 Å². The third-order valence-corrected chi connectivity index (χ3v) is 4.79. The number of nitrogens with one attached hydrogen (secondary N) is 2. The summed E-state index contributed by atoms with van der Waals surface area (Å²) in [5.74, 6) is 1.13. The maximum absolute atomic E-state index is 5.91. The minimum atomic E-state index is 0.463. The topological polar surface area (TPSA) is 66.0 Å². The molecule has 0 aliphatic carbocycles. The molecule has 3 aromatic rings. The van der Waals surface area contributed by atoms with E-state index in [0.29, 0.717) is 18.3 Å². The van der Waals surface area contributed by atoms with Crippen LogP contribution in [-0.4, -0.2) is 28.3 Å². The van der Waals surface area contributed by atoms with E-state index < -0.39 is 0 Å². The number of aromatic nitrogens is 3. The van der Waals surface area contributed by atoms with E-state index in [0.717, 1.165) is 29.4 Å². The van der Waals surface area contributed by atoms with Crippen LogP contribution < -0.4 is 15.5 Å². The summed E-state index contributed by atoms with van der Waals surface area (Å²) in [6.07, 6.45) is 4.15. The first-order valence-corrected chi connectivity index (χ1v) is 9.44. The molecule has 27 heavy (non-hydrogen) atoms. The average molecular weight is 381 g/mol. The second kappa shape index (κ2) is 8.22. The van der Waals surface area contributed by atoms with Gasteiger partial charge in [-0.15, -0.1) is 5.10 Å². The Morgan fingerprint density at radius 3 is 2.44 bits per heavy atom. The normalized spacial score (nSPS) is 13.6. The minimum absolute atomic E-state index is 0.463. The van der Waals surface area contributed by atoms with Gasteiger partial charge >= 0.3 is 0 Å². The summed E-state index contributed by atoms with van der Waals surface area (Å²) in [5.41, 5.74) is 3.31. The van der Waals surface area contributed by atoms with Gasteiger partial charge in [0.05, 0.1) is 6.20 Å². The monoisotopic (exact) mass is 380 g/mol. The van der Waals surface area contributed by atoms with Crippen LogP contribution in [-0.2, 0) is 6.54 Å². The molecule has 138 valence electrons. The van der Waals surface area contributed by atoms with Gasteiger partial charge < -0.3 is 15.5 Å². The number of hydrogen-bond donors (Lipinski definition) is 2. The van der Waals surface area contributed by atoms with Crippen LogP contribution in [0.4, 0.5) is 23.1 Å². The summed E-state index contributed by atoms with van der Waals surface area (Å²) in [6.45, 7) is 2.92. The molecule has 1 aliphatic heterocycles. The summed E-state index contributed by atoms with van der Waals surface area (Å²) in [4.78, 5) is 6.87. The van der Waals surface area contributed by atoms with Crippen molar-refractivity contribution in [1.29, 1.82) is 0 Å². The molecule has 2 heterocycles. The number of rotatable bonds is 6. The molecule has 1 aliphatic rings. The number of halogens is 1. The molecule has 0 spiro atoms. The van der Waals surface area contributed by atoms with Crippen molar-refractivity contribution < 1.29 is 0 Å². The Balaban J connectivity index is 1.37. The summed E-state index contributed by atoms with van der Waals surface area (Å²) >= 11 is 5.91. The first kappa shape index (κ1) is 17.5. The number of nitrogens with zero attached hydrogens (tertiary/aromatic N) is 4. The van der Waals surface area contributed by atoms with Gasteiger partial charge in [-0.05, 0) is 54.8 Å². The molecular weight excluding hydrogens is 360 g/mol. The van der Waals surface area contributed by atoms with Crippen molar-refractivity contribution in [3.05, 3.63) is 65.3 Å². The van der Waals surface area contributed by atoms with Gasteiger partial charge in [0.1, 0.15) is 0 Å². The molecule has 1 fully saturated rings. The van der Waals surface area contributed by atoms with E-state index in [4.69, 9.17) is 11.6 Å². The van der Waals surface area contributed by atoms with Gasteiger partial charge in [0, 0.05) is 36.0 Å². The highest BCUT2D eigenvalue weighted by molar-refractivity contribution is 6.30. The van der Waals surface area contributed by atoms with Crippen LogP contribution in [0.5, 0.6) is 0 Å². The maximum Gasteiger partial charge on any atom is 0.249 e. The molecular formula is C20H21ClN6. The highest BCUT2D eigenvalue weighted by Gasteiger charge is 2.12. The van der Waals surface area contributed by atoms with Crippen LogP contribution in [0.3, 0.4) is 0 Å². The van der Waals surface area contributed by atoms with E-state index in [1.165, 1.54) is 18.5 Å². The van der Waals surface area contributed by atoms with Crippen LogP contribution in [0.2, 0.25) is 5.02 Å². The Kier molecular flexibility index (Phi) is 5.34. The molecule has 6 nitrogen and oxygen atoms in total. The van der Waals surface area contributed by atoms with E-state index in [-0.39, 0.29) is 0 Å². The molecule has 2 aromatic carbocycles. The van der Waals surface area contributed by atoms with Gasteiger partial charge in [0.15, 0.2) is 5.82 Å². The first-order chi connectivity index (χ1) is 13.3. The highest BCUT2D eigenvalue weighted by Crippen LogP contribution is 2.23. The predicted molar refractivity (Wildman–Crippen MR) is 110 cm³/mol. The van der Waals surface area contributed by atoms with Crippen LogP contribution in [0.15, 0.2) is 54.7 Å². The molecule has 0 amide bonds. The second-order valence-electron chi connectivity index (χ2n) is 6.51. The molecule has 7 heteroatoms. The second-order valence-corrected chi connectivity index (χ2v) is 6.95. The van der Waals surface area contributed by atoms with E-state index in [2.05, 4.69) is 42.8 Å². The fourth-order valence-corrected chi connectivity index (χ4v) is 3.22. The lowest BCUT2D eigenvalue weighted by atomic mass is 10.2. The quantitative estimate of drug-likeness (QED) is 0.657. The molecule has 1 aromatic heterocycles. The zero-order valence-electron chi connectivity index (χ0n) is 14.9. The molecule has 0 radical (unpaired) electrons. The largest absolute Gasteiger partial charge is 0.372 e. The van der Waals surface area contributed by atoms with Gasteiger partial charge in [0.2, 0.25) is 5.95 Å². The Hall–Kier alpha value is -2.86. The third kappa shape index (κ3) is 4.65. The van der Waals surface area contributed by atoms with Crippen LogP contribution in [0.25, 0.3) is 0 Å². The van der Waals surface area contributed by atoms with Gasteiger partial charge in [-0.3, -0.25) is 0 Å². The minimum Gasteiger partial charge on any atom is -0.372 e. The summed E-state index contributed by atoms with van der Waals surface area (Å²) < 4.78 is 0. The predicted octanol–water partition coefficient (Wildman–Crippen LogP) is 4.48. The zero-order valence-corrected chi connectivity index (χ0v) is 15.7. The van der Waals surface area contributed by atoms with Gasteiger partial charge in [0.25, 0.3) is 0 Å². The van der Waals surface area contributed by atoms with E-state index in [1.807, 2.05) is 36.4 Å². The first-order valence-electron chi connectivity index (χ1n) is 9.06. The Morgan fingerprint density at radius 2 is 1.70 bits per heavy atom. The lowest BCUT2D eigenvalue weighted by Gasteiger charge is -2.17. The van der Waals surface area contributed by atoms with Crippen molar-refractivity contribution in [2.75, 3.05) is 28.6 Å². The highest BCUT2D eigenvalue weighted by atomic mass is 35.5. The van der Waals surface area contributed by atoms with Gasteiger partial charge in [-0.25, -0.2) is 0 Å². The zero-order chi connectivity index (χ0) is 18.5. The lowest BCUT2D eigenvalue weighted by Crippen LogP contribution is -2.17. The summed E-state index contributed by atoms with van der Waals surface area (Å²) in [6, 6.07) is 16.0. The average Bonchev–Trinajstić information content (AvgIpc) is 3.23. The molecule has 4 rings (SSSR count). The fraction of sp³-hybridized carbons (Fsp3) is 0.250. The van der Waals surface area contributed by atoms with Crippen molar-refractivity contribution in [3.63, 3.8) is 0 Å². The lowest BCUT2D eigenvalue weighted by molar-refractivity contribution is 0.949. The van der Waals surface area contributed by atoms with Gasteiger partial charge in [-0.1, -0.05) is 23.7 Å². The number of anilines is 4. The Morgan fingerprint density at radius 1 is 0.963 bits per heavy atom. The summed E-state index contributed by atoms with van der Waals surface area (Å²) in [5, 5.41) is 15.3. The third-order valence-electron chi connectivity index (χ3n) is 4.54. The standard InChI is InChI=1S/C20H21ClN6/c21-16-5-3-15(4-6-16)13-22-19-14-23-26-20(25-19)24-17-7-9-18(10-8-17)27-11-1-2-12-27/h3-10,14H,1-2,11-13H2,(H2,22,24,25,26). The maximum atomic E-state index is 5.91. The molecule has 1 saturated heterocycles. The SMILES string of the molecule is Clc1ccc(CNc2cnnc(Nc3ccc(N4CCCC4)cc3)n2)cc1. The van der Waals surface area contributed by atoms with Crippen LogP contribution in [0, 0.1) is 0 Å². The van der Waals surface area contributed by atoms with Crippen molar-refractivity contribution in [1.82, 2.24) is 15.2 Å². The van der Waals surface area contributed by atoms with Crippen molar-refractivity contribution in [2.24, 2.45) is 0 Å². The van der Waals surface area contributed by atoms with E-state index >= 15 is 0 Å². The molecule has 0 saturated carbocycles. The molecule has 0 atom stereocenters. The Bertz CT molecular complexity index is 876. The molecule has 2 N–H and O–H groups in total. The van der Waals surface area contributed by atoms with Crippen molar-refractivity contribution >= 4 is 34.7 Å². The molecule has 0 unspecified atom stereocenters. The molecule has 0 bridgehead atoms. The van der Waals surface area contributed by atoms with Crippen LogP contribution in [0.1, 0.15) is 18.4 Å². The van der Waals surface area contributed by atoms with E-state index in [1.54, 1.807) is 6.20 Å². The van der Waals surface area contributed by atoms with Crippen molar-refractivity contribution in [2.45, 2.75) is 19.4 Å². The summed E-state index contributed by atoms with van der Waals surface area (Å²) in [7, 11) is 0. The van der Waals surface area contributed by atoms with Crippen molar-refractivity contribution in [3.8, 4) is 0 Å². The number of benzene rings is 2. The Labute approximate surface area is 163 Å².